The highest BCUT2D eigenvalue weighted by Crippen LogP contribution is 2.22. The largest absolute Gasteiger partial charge is 0.497 e. The predicted molar refractivity (Wildman–Crippen MR) is 136 cm³/mol. The van der Waals surface area contributed by atoms with E-state index in [0.29, 0.717) is 54.0 Å². The van der Waals surface area contributed by atoms with Crippen molar-refractivity contribution < 1.29 is 19.1 Å². The van der Waals surface area contributed by atoms with Gasteiger partial charge in [0.05, 0.1) is 19.9 Å². The van der Waals surface area contributed by atoms with Crippen molar-refractivity contribution in [1.29, 1.82) is 0 Å². The maximum Gasteiger partial charge on any atom is 0.251 e. The molecule has 2 amide bonds. The summed E-state index contributed by atoms with van der Waals surface area (Å²) in [7, 11) is 3.16. The third-order valence-electron chi connectivity index (χ3n) is 6.06. The van der Waals surface area contributed by atoms with Crippen molar-refractivity contribution in [2.75, 3.05) is 20.8 Å². The van der Waals surface area contributed by atoms with Crippen molar-refractivity contribution in [3.63, 3.8) is 0 Å². The van der Waals surface area contributed by atoms with Crippen LogP contribution in [0.15, 0.2) is 70.9 Å². The molecule has 2 aliphatic rings. The maximum atomic E-state index is 13.1. The summed E-state index contributed by atoms with van der Waals surface area (Å²) in [5, 5.41) is 6.04. The third kappa shape index (κ3) is 8.73. The van der Waals surface area contributed by atoms with E-state index in [9.17, 15) is 9.59 Å². The van der Waals surface area contributed by atoms with E-state index >= 15 is 0 Å². The molecule has 6 nitrogen and oxygen atoms in total. The van der Waals surface area contributed by atoms with Gasteiger partial charge in [0, 0.05) is 24.6 Å². The van der Waals surface area contributed by atoms with Crippen LogP contribution in [-0.2, 0) is 19.1 Å². The Morgan fingerprint density at radius 3 is 2.56 bits per heavy atom. The quantitative estimate of drug-likeness (QED) is 0.411. The summed E-state index contributed by atoms with van der Waals surface area (Å²) in [4.78, 5) is 26.1. The first-order valence-corrected chi connectivity index (χ1v) is 12.2. The van der Waals surface area contributed by atoms with Crippen molar-refractivity contribution in [2.24, 2.45) is 11.8 Å². The van der Waals surface area contributed by atoms with Gasteiger partial charge >= 0.3 is 0 Å². The number of allylic oxidation sites excluding steroid dienone is 6. The summed E-state index contributed by atoms with van der Waals surface area (Å²) < 4.78 is 10.8. The Morgan fingerprint density at radius 1 is 1.09 bits per heavy atom. The molecule has 0 saturated carbocycles. The summed E-state index contributed by atoms with van der Waals surface area (Å²) in [6, 6.07) is 0. The minimum atomic E-state index is -0.209. The molecule has 0 fully saturated rings. The molecule has 0 heterocycles. The molecule has 6 heteroatoms. The minimum absolute atomic E-state index is 0.113. The van der Waals surface area contributed by atoms with E-state index in [2.05, 4.69) is 31.4 Å². The number of rotatable bonds is 12. The maximum absolute atomic E-state index is 13.1. The van der Waals surface area contributed by atoms with Crippen LogP contribution in [0.2, 0.25) is 0 Å². The fourth-order valence-electron chi connectivity index (χ4n) is 3.91. The smallest absolute Gasteiger partial charge is 0.251 e. The first-order chi connectivity index (χ1) is 16.4. The van der Waals surface area contributed by atoms with Gasteiger partial charge in [0.25, 0.3) is 5.91 Å². The average molecular weight is 469 g/mol. The van der Waals surface area contributed by atoms with E-state index in [-0.39, 0.29) is 18.2 Å². The van der Waals surface area contributed by atoms with Crippen LogP contribution in [0.25, 0.3) is 0 Å². The van der Waals surface area contributed by atoms with Crippen LogP contribution in [-0.4, -0.2) is 32.6 Å². The average Bonchev–Trinajstić information content (AvgIpc) is 3.16. The van der Waals surface area contributed by atoms with Gasteiger partial charge in [0.1, 0.15) is 11.5 Å². The van der Waals surface area contributed by atoms with Gasteiger partial charge in [-0.25, -0.2) is 0 Å². The zero-order valence-electron chi connectivity index (χ0n) is 21.3. The second-order valence-corrected chi connectivity index (χ2v) is 9.07. The first-order valence-electron chi connectivity index (χ1n) is 12.2. The van der Waals surface area contributed by atoms with Crippen LogP contribution in [0.1, 0.15) is 59.3 Å². The molecule has 34 heavy (non-hydrogen) atoms. The summed E-state index contributed by atoms with van der Waals surface area (Å²) in [5.74, 6) is 2.01. The van der Waals surface area contributed by atoms with Crippen LogP contribution in [0.5, 0.6) is 0 Å². The molecular weight excluding hydrogens is 428 g/mol. The molecule has 0 bridgehead atoms. The highest BCUT2D eigenvalue weighted by Gasteiger charge is 2.19. The van der Waals surface area contributed by atoms with Gasteiger partial charge in [-0.05, 0) is 54.9 Å². The van der Waals surface area contributed by atoms with Crippen molar-refractivity contribution in [1.82, 2.24) is 10.6 Å². The van der Waals surface area contributed by atoms with E-state index in [1.807, 2.05) is 30.4 Å². The minimum Gasteiger partial charge on any atom is -0.497 e. The number of amides is 2. The molecule has 2 aliphatic carbocycles. The summed E-state index contributed by atoms with van der Waals surface area (Å²) in [6.07, 6.45) is 17.7. The first kappa shape index (κ1) is 27.2. The molecule has 0 aliphatic heterocycles. The second kappa shape index (κ2) is 14.3. The molecule has 1 atom stereocenters. The number of carbonyl (C=O) groups is 2. The van der Waals surface area contributed by atoms with Crippen LogP contribution < -0.4 is 10.6 Å². The normalized spacial score (nSPS) is 16.7. The summed E-state index contributed by atoms with van der Waals surface area (Å²) in [5.41, 5.74) is 1.89. The van der Waals surface area contributed by atoms with Gasteiger partial charge in [-0.1, -0.05) is 51.8 Å². The van der Waals surface area contributed by atoms with Crippen molar-refractivity contribution >= 4 is 11.8 Å². The van der Waals surface area contributed by atoms with Gasteiger partial charge in [0.2, 0.25) is 5.91 Å². The number of ether oxygens (including phenoxy) is 2. The molecule has 0 saturated heterocycles. The molecule has 2 rings (SSSR count). The second-order valence-electron chi connectivity index (χ2n) is 9.07. The van der Waals surface area contributed by atoms with Crippen LogP contribution in [0, 0.1) is 11.8 Å². The number of nitrogens with one attached hydrogen (secondary N) is 2. The Labute approximate surface area is 204 Å². The summed E-state index contributed by atoms with van der Waals surface area (Å²) >= 11 is 0. The monoisotopic (exact) mass is 468 g/mol. The molecule has 2 N–H and O–H groups in total. The van der Waals surface area contributed by atoms with Crippen LogP contribution in [0.4, 0.5) is 0 Å². The van der Waals surface area contributed by atoms with E-state index in [0.717, 1.165) is 24.8 Å². The van der Waals surface area contributed by atoms with Crippen molar-refractivity contribution in [3.8, 4) is 0 Å². The van der Waals surface area contributed by atoms with Crippen LogP contribution >= 0.6 is 0 Å². The predicted octanol–water partition coefficient (Wildman–Crippen LogP) is 5.23. The lowest BCUT2D eigenvalue weighted by molar-refractivity contribution is -0.119. The SMILES string of the molecule is CCC(CCC(C)C)CNC(=O)C1=C(CC(=O)NC2=CC(OC)=CCC=C2OC)CC=CC=C1. The van der Waals surface area contributed by atoms with Crippen molar-refractivity contribution in [2.45, 2.75) is 59.3 Å². The standard InChI is InChI=1S/C28H40N2O4/c1-6-21(16-15-20(2)3)19-29-28(32)24-13-9-7-8-11-22(24)17-27(31)30-25-18-23(33-4)12-10-14-26(25)34-5/h7-9,12-14,18,20-21H,6,10-11,15-17,19H2,1-5H3,(H,29,32)(H,30,31). The lowest BCUT2D eigenvalue weighted by Crippen LogP contribution is -2.31. The Hall–Kier alpha value is -3.02. The van der Waals surface area contributed by atoms with E-state index in [4.69, 9.17) is 9.47 Å². The Bertz CT molecular complexity index is 903. The summed E-state index contributed by atoms with van der Waals surface area (Å²) in [6.45, 7) is 7.25. The van der Waals surface area contributed by atoms with Gasteiger partial charge < -0.3 is 20.1 Å². The van der Waals surface area contributed by atoms with Crippen LogP contribution in [0.3, 0.4) is 0 Å². The van der Waals surface area contributed by atoms with Gasteiger partial charge in [-0.2, -0.15) is 0 Å². The number of methoxy groups -OCH3 is 2. The number of carbonyl (C=O) groups excluding carboxylic acids is 2. The molecule has 0 aromatic heterocycles. The molecule has 1 unspecified atom stereocenters. The lowest BCUT2D eigenvalue weighted by Gasteiger charge is -2.18. The third-order valence-corrected chi connectivity index (χ3v) is 6.06. The molecule has 0 aromatic rings. The topological polar surface area (TPSA) is 76.7 Å². The molecule has 0 aromatic carbocycles. The van der Waals surface area contributed by atoms with E-state index < -0.39 is 0 Å². The zero-order valence-corrected chi connectivity index (χ0v) is 21.3. The molecular formula is C28H40N2O4. The van der Waals surface area contributed by atoms with Gasteiger partial charge in [-0.3, -0.25) is 9.59 Å². The highest BCUT2D eigenvalue weighted by atomic mass is 16.5. The zero-order chi connectivity index (χ0) is 24.9. The number of hydrogen-bond donors (Lipinski definition) is 2. The molecule has 0 spiro atoms. The van der Waals surface area contributed by atoms with E-state index in [1.165, 1.54) is 0 Å². The Morgan fingerprint density at radius 2 is 1.88 bits per heavy atom. The van der Waals surface area contributed by atoms with Crippen molar-refractivity contribution in [3.05, 3.63) is 70.9 Å². The van der Waals surface area contributed by atoms with Gasteiger partial charge in [0.15, 0.2) is 0 Å². The Kier molecular flexibility index (Phi) is 11.4. The molecule has 186 valence electrons. The highest BCUT2D eigenvalue weighted by molar-refractivity contribution is 5.98. The lowest BCUT2D eigenvalue weighted by atomic mass is 9.95. The fourth-order valence-corrected chi connectivity index (χ4v) is 3.91. The van der Waals surface area contributed by atoms with Gasteiger partial charge in [-0.15, -0.1) is 0 Å². The number of hydrogen-bond acceptors (Lipinski definition) is 4. The Balaban J connectivity index is 2.11. The molecule has 0 radical (unpaired) electrons. The fraction of sp³-hybridized carbons (Fsp3) is 0.500. The van der Waals surface area contributed by atoms with E-state index in [1.54, 1.807) is 26.4 Å².